The molecule has 0 heterocycles. The van der Waals surface area contributed by atoms with Crippen LogP contribution in [0.25, 0.3) is 0 Å². The molecule has 2 aromatic rings. The molecule has 0 aliphatic heterocycles. The van der Waals surface area contributed by atoms with Crippen LogP contribution < -0.4 is 9.62 Å². The van der Waals surface area contributed by atoms with Gasteiger partial charge in [-0.1, -0.05) is 47.5 Å². The highest BCUT2D eigenvalue weighted by atomic mass is 35.5. The molecular weight excluding hydrogens is 372 g/mol. The summed E-state index contributed by atoms with van der Waals surface area (Å²) in [6.45, 7) is 5.59. The van der Waals surface area contributed by atoms with Gasteiger partial charge in [0.15, 0.2) is 0 Å². The number of anilines is 1. The molecule has 0 aliphatic carbocycles. The summed E-state index contributed by atoms with van der Waals surface area (Å²) in [6.07, 6.45) is 1.10. The smallest absolute Gasteiger partial charge is 0.241 e. The second-order valence-corrected chi connectivity index (χ2v) is 8.70. The lowest BCUT2D eigenvalue weighted by Crippen LogP contribution is -2.40. The van der Waals surface area contributed by atoms with Gasteiger partial charge in [0.1, 0.15) is 6.54 Å². The molecule has 5 nitrogen and oxygen atoms in total. The van der Waals surface area contributed by atoms with Gasteiger partial charge in [0.2, 0.25) is 15.9 Å². The highest BCUT2D eigenvalue weighted by Crippen LogP contribution is 2.28. The van der Waals surface area contributed by atoms with Crippen LogP contribution in [-0.4, -0.2) is 27.1 Å². The maximum atomic E-state index is 12.4. The molecule has 1 N–H and O–H groups in total. The van der Waals surface area contributed by atoms with Crippen LogP contribution in [0.2, 0.25) is 5.02 Å². The van der Waals surface area contributed by atoms with Crippen LogP contribution in [-0.2, 0) is 21.4 Å². The van der Waals surface area contributed by atoms with Crippen molar-refractivity contribution < 1.29 is 13.2 Å². The Bertz CT molecular complexity index is 903. The van der Waals surface area contributed by atoms with Gasteiger partial charge in [-0.15, -0.1) is 0 Å². The van der Waals surface area contributed by atoms with Crippen molar-refractivity contribution in [2.45, 2.75) is 27.3 Å². The molecule has 0 fully saturated rings. The standard InChI is InChI=1S/C19H23ClN2O3S/c1-13-9-14(2)19(15(3)10-13)22(26(4,24)25)12-18(23)21-11-16-7-5-6-8-17(16)20/h5-10H,11-12H2,1-4H3,(H,21,23). The number of benzene rings is 2. The predicted octanol–water partition coefficient (Wildman–Crippen LogP) is 3.35. The van der Waals surface area contributed by atoms with E-state index in [1.807, 2.05) is 51.1 Å². The quantitative estimate of drug-likeness (QED) is 0.817. The van der Waals surface area contributed by atoms with Gasteiger partial charge in [0, 0.05) is 11.6 Å². The summed E-state index contributed by atoms with van der Waals surface area (Å²) < 4.78 is 25.8. The van der Waals surface area contributed by atoms with E-state index in [0.29, 0.717) is 10.7 Å². The molecule has 0 unspecified atom stereocenters. The molecular formula is C19H23ClN2O3S. The van der Waals surface area contributed by atoms with Crippen molar-refractivity contribution in [3.63, 3.8) is 0 Å². The lowest BCUT2D eigenvalue weighted by Gasteiger charge is -2.26. The number of sulfonamides is 1. The molecule has 0 radical (unpaired) electrons. The molecule has 0 saturated carbocycles. The minimum absolute atomic E-state index is 0.238. The Labute approximate surface area is 160 Å². The van der Waals surface area contributed by atoms with E-state index in [9.17, 15) is 13.2 Å². The average molecular weight is 395 g/mol. The number of halogens is 1. The zero-order chi connectivity index (χ0) is 19.5. The van der Waals surface area contributed by atoms with E-state index in [1.165, 1.54) is 0 Å². The Morgan fingerprint density at radius 3 is 2.23 bits per heavy atom. The Morgan fingerprint density at radius 2 is 1.69 bits per heavy atom. The van der Waals surface area contributed by atoms with Crippen LogP contribution in [0.1, 0.15) is 22.3 Å². The molecule has 2 rings (SSSR count). The third-order valence-corrected chi connectivity index (χ3v) is 5.49. The van der Waals surface area contributed by atoms with Crippen LogP contribution >= 0.6 is 11.6 Å². The number of amides is 1. The summed E-state index contributed by atoms with van der Waals surface area (Å²) >= 11 is 6.08. The van der Waals surface area contributed by atoms with E-state index < -0.39 is 15.9 Å². The minimum atomic E-state index is -3.62. The highest BCUT2D eigenvalue weighted by Gasteiger charge is 2.24. The van der Waals surface area contributed by atoms with Gasteiger partial charge in [0.05, 0.1) is 11.9 Å². The van der Waals surface area contributed by atoms with Crippen LogP contribution in [0.15, 0.2) is 36.4 Å². The van der Waals surface area contributed by atoms with Crippen molar-refractivity contribution in [3.05, 3.63) is 63.7 Å². The van der Waals surface area contributed by atoms with Crippen molar-refractivity contribution in [1.82, 2.24) is 5.32 Å². The fourth-order valence-electron chi connectivity index (χ4n) is 2.95. The number of rotatable bonds is 6. The summed E-state index contributed by atoms with van der Waals surface area (Å²) in [7, 11) is -3.62. The molecule has 2 aromatic carbocycles. The Hall–Kier alpha value is -2.05. The van der Waals surface area contributed by atoms with Gasteiger partial charge in [0.25, 0.3) is 0 Å². The molecule has 140 valence electrons. The summed E-state index contributed by atoms with van der Waals surface area (Å²) in [6, 6.07) is 11.0. The zero-order valence-corrected chi connectivity index (χ0v) is 16.9. The van der Waals surface area contributed by atoms with Crippen molar-refractivity contribution in [3.8, 4) is 0 Å². The fourth-order valence-corrected chi connectivity index (χ4v) is 4.12. The lowest BCUT2D eigenvalue weighted by atomic mass is 10.1. The van der Waals surface area contributed by atoms with Crippen LogP contribution in [0.3, 0.4) is 0 Å². The zero-order valence-electron chi connectivity index (χ0n) is 15.3. The van der Waals surface area contributed by atoms with Gasteiger partial charge in [-0.05, 0) is 43.5 Å². The van der Waals surface area contributed by atoms with Gasteiger partial charge in [-0.2, -0.15) is 0 Å². The Morgan fingerprint density at radius 1 is 1.12 bits per heavy atom. The number of nitrogens with zero attached hydrogens (tertiary/aromatic N) is 1. The summed E-state index contributed by atoms with van der Waals surface area (Å²) in [5, 5.41) is 3.29. The number of carbonyl (C=O) groups is 1. The second-order valence-electron chi connectivity index (χ2n) is 6.39. The molecule has 0 atom stereocenters. The van der Waals surface area contributed by atoms with E-state index in [-0.39, 0.29) is 13.1 Å². The predicted molar refractivity (Wildman–Crippen MR) is 106 cm³/mol. The van der Waals surface area contributed by atoms with Crippen molar-refractivity contribution in [2.75, 3.05) is 17.1 Å². The molecule has 0 aromatic heterocycles. The van der Waals surface area contributed by atoms with Crippen LogP contribution in [0.5, 0.6) is 0 Å². The van der Waals surface area contributed by atoms with E-state index >= 15 is 0 Å². The monoisotopic (exact) mass is 394 g/mol. The molecule has 0 bridgehead atoms. The minimum Gasteiger partial charge on any atom is -0.350 e. The summed E-state index contributed by atoms with van der Waals surface area (Å²) in [5.41, 5.74) is 3.99. The van der Waals surface area contributed by atoms with Crippen LogP contribution in [0.4, 0.5) is 5.69 Å². The number of aryl methyl sites for hydroxylation is 3. The second kappa shape index (κ2) is 8.10. The van der Waals surface area contributed by atoms with Crippen molar-refractivity contribution in [1.29, 1.82) is 0 Å². The van der Waals surface area contributed by atoms with Crippen LogP contribution in [0, 0.1) is 20.8 Å². The third kappa shape index (κ3) is 4.99. The van der Waals surface area contributed by atoms with Gasteiger partial charge in [-0.25, -0.2) is 8.42 Å². The highest BCUT2D eigenvalue weighted by molar-refractivity contribution is 7.92. The third-order valence-electron chi connectivity index (χ3n) is 4.01. The van der Waals surface area contributed by atoms with Gasteiger partial charge in [-0.3, -0.25) is 9.10 Å². The van der Waals surface area contributed by atoms with E-state index in [2.05, 4.69) is 5.32 Å². The number of hydrogen-bond donors (Lipinski definition) is 1. The van der Waals surface area contributed by atoms with E-state index in [0.717, 1.165) is 32.8 Å². The molecule has 1 amide bonds. The molecule has 7 heteroatoms. The average Bonchev–Trinajstić information content (AvgIpc) is 2.51. The topological polar surface area (TPSA) is 66.5 Å². The SMILES string of the molecule is Cc1cc(C)c(N(CC(=O)NCc2ccccc2Cl)S(C)(=O)=O)c(C)c1. The van der Waals surface area contributed by atoms with Gasteiger partial charge >= 0.3 is 0 Å². The Kier molecular flexibility index (Phi) is 6.31. The molecule has 0 saturated heterocycles. The summed E-state index contributed by atoms with van der Waals surface area (Å²) in [5.74, 6) is -0.394. The number of carbonyl (C=O) groups excluding carboxylic acids is 1. The first-order valence-electron chi connectivity index (χ1n) is 8.15. The van der Waals surface area contributed by atoms with E-state index in [1.54, 1.807) is 6.07 Å². The van der Waals surface area contributed by atoms with E-state index in [4.69, 9.17) is 11.6 Å². The van der Waals surface area contributed by atoms with Gasteiger partial charge < -0.3 is 5.32 Å². The first kappa shape index (κ1) is 20.3. The first-order chi connectivity index (χ1) is 12.1. The van der Waals surface area contributed by atoms with Crippen molar-refractivity contribution in [2.24, 2.45) is 0 Å². The lowest BCUT2D eigenvalue weighted by molar-refractivity contribution is -0.119. The van der Waals surface area contributed by atoms with Crippen molar-refractivity contribution >= 4 is 33.2 Å². The number of nitrogens with one attached hydrogen (secondary N) is 1. The number of hydrogen-bond acceptors (Lipinski definition) is 3. The molecule has 0 aliphatic rings. The molecule has 26 heavy (non-hydrogen) atoms. The maximum Gasteiger partial charge on any atom is 0.241 e. The summed E-state index contributed by atoms with van der Waals surface area (Å²) in [4.78, 5) is 12.4. The normalized spacial score (nSPS) is 11.3. The largest absolute Gasteiger partial charge is 0.350 e. The first-order valence-corrected chi connectivity index (χ1v) is 10.4. The maximum absolute atomic E-state index is 12.4. The fraction of sp³-hybridized carbons (Fsp3) is 0.316. The Balaban J connectivity index is 2.22. The molecule has 0 spiro atoms.